The summed E-state index contributed by atoms with van der Waals surface area (Å²) < 4.78 is 44.0. The van der Waals surface area contributed by atoms with Crippen LogP contribution >= 0.6 is 11.6 Å². The van der Waals surface area contributed by atoms with E-state index in [-0.39, 0.29) is 11.3 Å². The van der Waals surface area contributed by atoms with Gasteiger partial charge in [-0.15, -0.1) is 0 Å². The van der Waals surface area contributed by atoms with Crippen molar-refractivity contribution in [2.24, 2.45) is 0 Å². The van der Waals surface area contributed by atoms with Crippen LogP contribution in [0.15, 0.2) is 59.3 Å². The molecule has 0 atom stereocenters. The molecule has 2 aromatic heterocycles. The van der Waals surface area contributed by atoms with E-state index in [0.29, 0.717) is 18.1 Å². The van der Waals surface area contributed by atoms with Crippen molar-refractivity contribution in [3.8, 4) is 0 Å². The van der Waals surface area contributed by atoms with Gasteiger partial charge in [0.25, 0.3) is 5.91 Å². The molecule has 0 bridgehead atoms. The van der Waals surface area contributed by atoms with E-state index >= 15 is 0 Å². The highest BCUT2D eigenvalue weighted by Crippen LogP contribution is 2.36. The molecule has 1 aromatic carbocycles. The van der Waals surface area contributed by atoms with Gasteiger partial charge in [0, 0.05) is 17.4 Å². The Bertz CT molecular complexity index is 943. The van der Waals surface area contributed by atoms with Gasteiger partial charge in [0.05, 0.1) is 23.4 Å². The summed E-state index contributed by atoms with van der Waals surface area (Å²) in [5.41, 5.74) is -0.799. The number of rotatable bonds is 5. The van der Waals surface area contributed by atoms with E-state index in [4.69, 9.17) is 16.0 Å². The Morgan fingerprint density at radius 3 is 2.70 bits per heavy atom. The summed E-state index contributed by atoms with van der Waals surface area (Å²) in [4.78, 5) is 16.4. The van der Waals surface area contributed by atoms with Gasteiger partial charge in [0.1, 0.15) is 11.6 Å². The SMILES string of the molecule is O=C(Nc1ccc(Cl)c(C(F)(F)F)c1)c1ccnc(NCc2ccco2)c1. The van der Waals surface area contributed by atoms with Crippen molar-refractivity contribution in [2.45, 2.75) is 12.7 Å². The number of halogens is 4. The van der Waals surface area contributed by atoms with Crippen LogP contribution in [0.5, 0.6) is 0 Å². The Morgan fingerprint density at radius 2 is 2.00 bits per heavy atom. The van der Waals surface area contributed by atoms with E-state index in [9.17, 15) is 18.0 Å². The van der Waals surface area contributed by atoms with Crippen molar-refractivity contribution in [1.82, 2.24) is 4.98 Å². The van der Waals surface area contributed by atoms with Crippen molar-refractivity contribution in [1.29, 1.82) is 0 Å². The summed E-state index contributed by atoms with van der Waals surface area (Å²) in [6.07, 6.45) is -1.66. The molecule has 9 heteroatoms. The number of carbonyl (C=O) groups is 1. The van der Waals surface area contributed by atoms with Crippen LogP contribution in [0.3, 0.4) is 0 Å². The molecule has 0 aliphatic carbocycles. The average molecular weight is 396 g/mol. The van der Waals surface area contributed by atoms with Crippen LogP contribution in [-0.4, -0.2) is 10.9 Å². The fraction of sp³-hybridized carbons (Fsp3) is 0.111. The Balaban J connectivity index is 1.72. The number of alkyl halides is 3. The second kappa shape index (κ2) is 7.71. The number of nitrogens with zero attached hydrogens (tertiary/aromatic N) is 1. The zero-order valence-electron chi connectivity index (χ0n) is 13.7. The first-order valence-corrected chi connectivity index (χ1v) is 8.11. The van der Waals surface area contributed by atoms with E-state index in [1.807, 2.05) is 0 Å². The molecule has 3 rings (SSSR count). The van der Waals surface area contributed by atoms with Gasteiger partial charge in [0.2, 0.25) is 0 Å². The number of amides is 1. The maximum Gasteiger partial charge on any atom is 0.417 e. The molecule has 5 nitrogen and oxygen atoms in total. The van der Waals surface area contributed by atoms with E-state index in [0.717, 1.165) is 12.1 Å². The predicted molar refractivity (Wildman–Crippen MR) is 94.7 cm³/mol. The zero-order chi connectivity index (χ0) is 19.4. The quantitative estimate of drug-likeness (QED) is 0.622. The van der Waals surface area contributed by atoms with Gasteiger partial charge in [-0.25, -0.2) is 4.98 Å². The number of pyridine rings is 1. The predicted octanol–water partition coefficient (Wildman–Crippen LogP) is 5.21. The molecule has 0 saturated carbocycles. The molecule has 1 amide bonds. The molecule has 0 unspecified atom stereocenters. The minimum absolute atomic E-state index is 0.0152. The number of hydrogen-bond acceptors (Lipinski definition) is 4. The topological polar surface area (TPSA) is 67.2 Å². The minimum Gasteiger partial charge on any atom is -0.467 e. The zero-order valence-corrected chi connectivity index (χ0v) is 14.4. The summed E-state index contributed by atoms with van der Waals surface area (Å²) in [5, 5.41) is 4.98. The first-order valence-electron chi connectivity index (χ1n) is 7.73. The Kier molecular flexibility index (Phi) is 5.36. The first-order chi connectivity index (χ1) is 12.8. The van der Waals surface area contributed by atoms with E-state index in [2.05, 4.69) is 15.6 Å². The van der Waals surface area contributed by atoms with Crippen LogP contribution in [0.1, 0.15) is 21.7 Å². The highest BCUT2D eigenvalue weighted by atomic mass is 35.5. The van der Waals surface area contributed by atoms with Crippen LogP contribution < -0.4 is 10.6 Å². The van der Waals surface area contributed by atoms with Crippen LogP contribution in [0, 0.1) is 0 Å². The summed E-state index contributed by atoms with van der Waals surface area (Å²) in [6.45, 7) is 0.372. The summed E-state index contributed by atoms with van der Waals surface area (Å²) in [5.74, 6) is 0.535. The normalized spacial score (nSPS) is 11.3. The van der Waals surface area contributed by atoms with Crippen LogP contribution in [0.4, 0.5) is 24.7 Å². The molecule has 27 heavy (non-hydrogen) atoms. The fourth-order valence-electron chi connectivity index (χ4n) is 2.28. The Morgan fingerprint density at radius 1 is 1.19 bits per heavy atom. The smallest absolute Gasteiger partial charge is 0.417 e. The van der Waals surface area contributed by atoms with Gasteiger partial charge in [-0.3, -0.25) is 4.79 Å². The molecular weight excluding hydrogens is 383 g/mol. The standard InChI is InChI=1S/C18H13ClF3N3O2/c19-15-4-3-12(9-14(15)18(20,21)22)25-17(26)11-5-6-23-16(8-11)24-10-13-2-1-7-27-13/h1-9H,10H2,(H,23,24)(H,25,26). The fourth-order valence-corrected chi connectivity index (χ4v) is 2.51. The molecule has 2 heterocycles. The lowest BCUT2D eigenvalue weighted by Crippen LogP contribution is -2.14. The van der Waals surface area contributed by atoms with Gasteiger partial charge < -0.3 is 15.1 Å². The lowest BCUT2D eigenvalue weighted by Gasteiger charge is -2.12. The van der Waals surface area contributed by atoms with Crippen molar-refractivity contribution >= 4 is 29.0 Å². The minimum atomic E-state index is -4.61. The summed E-state index contributed by atoms with van der Waals surface area (Å²) in [7, 11) is 0. The van der Waals surface area contributed by atoms with E-state index in [1.165, 1.54) is 30.7 Å². The number of aromatic nitrogens is 1. The highest BCUT2D eigenvalue weighted by molar-refractivity contribution is 6.31. The van der Waals surface area contributed by atoms with Crippen molar-refractivity contribution in [3.05, 3.63) is 76.8 Å². The molecule has 0 aliphatic rings. The molecular formula is C18H13ClF3N3O2. The first kappa shape index (κ1) is 18.8. The van der Waals surface area contributed by atoms with Crippen LogP contribution in [0.2, 0.25) is 5.02 Å². The van der Waals surface area contributed by atoms with Crippen LogP contribution in [0.25, 0.3) is 0 Å². The largest absolute Gasteiger partial charge is 0.467 e. The second-order valence-corrected chi connectivity index (χ2v) is 5.92. The number of nitrogens with one attached hydrogen (secondary N) is 2. The third kappa shape index (κ3) is 4.79. The molecule has 0 aliphatic heterocycles. The molecule has 0 saturated heterocycles. The van der Waals surface area contributed by atoms with E-state index < -0.39 is 22.7 Å². The summed E-state index contributed by atoms with van der Waals surface area (Å²) in [6, 6.07) is 9.64. The molecule has 0 fully saturated rings. The maximum absolute atomic E-state index is 12.9. The van der Waals surface area contributed by atoms with Gasteiger partial charge in [0.15, 0.2) is 0 Å². The molecule has 2 N–H and O–H groups in total. The van der Waals surface area contributed by atoms with E-state index in [1.54, 1.807) is 12.1 Å². The third-order valence-electron chi connectivity index (χ3n) is 3.58. The number of benzene rings is 1. The Hall–Kier alpha value is -3.00. The Labute approximate surface area is 157 Å². The number of carbonyl (C=O) groups excluding carboxylic acids is 1. The number of anilines is 2. The number of hydrogen-bond donors (Lipinski definition) is 2. The monoisotopic (exact) mass is 395 g/mol. The molecule has 0 radical (unpaired) electrons. The molecule has 3 aromatic rings. The summed E-state index contributed by atoms with van der Waals surface area (Å²) >= 11 is 5.58. The van der Waals surface area contributed by atoms with Gasteiger partial charge >= 0.3 is 6.18 Å². The second-order valence-electron chi connectivity index (χ2n) is 5.51. The van der Waals surface area contributed by atoms with Gasteiger partial charge in [-0.2, -0.15) is 13.2 Å². The average Bonchev–Trinajstić information content (AvgIpc) is 3.14. The van der Waals surface area contributed by atoms with Gasteiger partial charge in [-0.1, -0.05) is 11.6 Å². The highest BCUT2D eigenvalue weighted by Gasteiger charge is 2.33. The lowest BCUT2D eigenvalue weighted by molar-refractivity contribution is -0.137. The lowest BCUT2D eigenvalue weighted by atomic mass is 10.1. The van der Waals surface area contributed by atoms with Crippen LogP contribution in [-0.2, 0) is 12.7 Å². The number of furan rings is 1. The van der Waals surface area contributed by atoms with Gasteiger partial charge in [-0.05, 0) is 42.5 Å². The van der Waals surface area contributed by atoms with Crippen molar-refractivity contribution < 1.29 is 22.4 Å². The van der Waals surface area contributed by atoms with Crippen molar-refractivity contribution in [2.75, 3.05) is 10.6 Å². The molecule has 140 valence electrons. The third-order valence-corrected chi connectivity index (χ3v) is 3.91. The van der Waals surface area contributed by atoms with Crippen molar-refractivity contribution in [3.63, 3.8) is 0 Å². The molecule has 0 spiro atoms. The maximum atomic E-state index is 12.9.